The summed E-state index contributed by atoms with van der Waals surface area (Å²) in [6.45, 7) is 4.04. The van der Waals surface area contributed by atoms with Crippen molar-refractivity contribution in [3.05, 3.63) is 36.5 Å². The van der Waals surface area contributed by atoms with Crippen molar-refractivity contribution in [2.24, 2.45) is 0 Å². The van der Waals surface area contributed by atoms with E-state index in [1.165, 1.54) is 225 Å². The number of carbonyl (C=O) groups is 1. The van der Waals surface area contributed by atoms with Gasteiger partial charge in [-0.1, -0.05) is 256 Å². The van der Waals surface area contributed by atoms with Gasteiger partial charge in [-0.15, -0.1) is 0 Å². The van der Waals surface area contributed by atoms with Crippen molar-refractivity contribution in [3.63, 3.8) is 0 Å². The molecule has 448 valence electrons. The maximum atomic E-state index is 13.0. The Morgan fingerprint density at radius 1 is 0.500 bits per heavy atom. The SMILES string of the molecule is CCCCCCC/C=C\C/C=C\CCCCCCCCCCCCCCCCOCC(COC1OC(CO)C(O)C(OS(=O)(=O)O)C1O)OC(=O)CCCCCCCCCCCCC/C=C\CCCCCCCCCC. The minimum Gasteiger partial charge on any atom is -0.457 e. The van der Waals surface area contributed by atoms with Crippen molar-refractivity contribution in [2.75, 3.05) is 26.4 Å². The Bertz CT molecular complexity index is 1460. The van der Waals surface area contributed by atoms with Crippen LogP contribution in [0.2, 0.25) is 0 Å². The summed E-state index contributed by atoms with van der Waals surface area (Å²) >= 11 is 0. The van der Waals surface area contributed by atoms with Gasteiger partial charge in [-0.25, -0.2) is 4.18 Å². The number of hydrogen-bond donors (Lipinski definition) is 4. The molecule has 0 bridgehead atoms. The van der Waals surface area contributed by atoms with Crippen LogP contribution < -0.4 is 0 Å². The Balaban J connectivity index is 2.24. The molecule has 0 aromatic carbocycles. The second-order valence-corrected chi connectivity index (χ2v) is 23.0. The molecule has 1 rings (SSSR count). The first-order valence-electron chi connectivity index (χ1n) is 31.7. The third-order valence-corrected chi connectivity index (χ3v) is 15.2. The van der Waals surface area contributed by atoms with Gasteiger partial charge in [0.1, 0.15) is 30.5 Å². The van der Waals surface area contributed by atoms with Crippen molar-refractivity contribution in [1.82, 2.24) is 0 Å². The summed E-state index contributed by atoms with van der Waals surface area (Å²) in [6.07, 6.45) is 59.0. The van der Waals surface area contributed by atoms with E-state index in [-0.39, 0.29) is 19.6 Å². The predicted octanol–water partition coefficient (Wildman–Crippen LogP) is 16.4. The number of aliphatic hydroxyl groups is 3. The fourth-order valence-corrected chi connectivity index (χ4v) is 10.4. The molecule has 76 heavy (non-hydrogen) atoms. The minimum absolute atomic E-state index is 0.0385. The first-order chi connectivity index (χ1) is 37.1. The van der Waals surface area contributed by atoms with E-state index in [4.69, 9.17) is 18.9 Å². The van der Waals surface area contributed by atoms with Gasteiger partial charge < -0.3 is 34.3 Å². The number of allylic oxidation sites excluding steroid dienone is 6. The first kappa shape index (κ1) is 72.3. The number of unbranched alkanes of at least 4 members (excludes halogenated alkanes) is 38. The molecule has 1 heterocycles. The molecule has 1 fully saturated rings. The van der Waals surface area contributed by atoms with Crippen LogP contribution in [0.3, 0.4) is 0 Å². The van der Waals surface area contributed by atoms with Gasteiger partial charge in [0.2, 0.25) is 0 Å². The normalized spacial score (nSPS) is 18.7. The number of esters is 1. The second-order valence-electron chi connectivity index (χ2n) is 22.0. The Morgan fingerprint density at radius 3 is 1.26 bits per heavy atom. The second kappa shape index (κ2) is 53.9. The van der Waals surface area contributed by atoms with Gasteiger partial charge in [0, 0.05) is 13.0 Å². The Morgan fingerprint density at radius 2 is 0.868 bits per heavy atom. The van der Waals surface area contributed by atoms with Crippen molar-refractivity contribution in [3.8, 4) is 0 Å². The standard InChI is InChI=1S/C63H118O12S/c1-3-5-7-9-11-13-15-17-19-21-23-25-27-28-29-31-33-35-37-39-41-43-45-47-49-51-53-71-55-57(56-72-63-61(67)62(75-76(68,69)70)60(66)58(54-64)74-63)73-59(65)52-50-48-46-44-42-40-38-36-34-32-30-26-24-22-20-18-16-14-12-10-8-6-4-2/h15,17,21-24,57-58,60-64,66-67H,3-14,16,18-20,25-56H2,1-2H3,(H,68,69,70)/b17-15-,23-21-,24-22-. The molecule has 6 atom stereocenters. The number of rotatable bonds is 57. The lowest BCUT2D eigenvalue weighted by atomic mass is 9.99. The molecule has 1 aliphatic rings. The van der Waals surface area contributed by atoms with E-state index in [1.54, 1.807) is 0 Å². The molecule has 1 aliphatic heterocycles. The van der Waals surface area contributed by atoms with Crippen LogP contribution in [0.15, 0.2) is 36.5 Å². The molecule has 0 saturated carbocycles. The summed E-state index contributed by atoms with van der Waals surface area (Å²) < 4.78 is 59.6. The van der Waals surface area contributed by atoms with E-state index in [2.05, 4.69) is 54.5 Å². The highest BCUT2D eigenvalue weighted by atomic mass is 32.3. The smallest absolute Gasteiger partial charge is 0.397 e. The van der Waals surface area contributed by atoms with Crippen LogP contribution >= 0.6 is 0 Å². The van der Waals surface area contributed by atoms with Gasteiger partial charge in [-0.2, -0.15) is 8.42 Å². The molecule has 13 heteroatoms. The molecule has 0 aliphatic carbocycles. The van der Waals surface area contributed by atoms with Crippen LogP contribution in [0, 0.1) is 0 Å². The van der Waals surface area contributed by atoms with Crippen molar-refractivity contribution in [1.29, 1.82) is 0 Å². The Labute approximate surface area is 466 Å². The maximum Gasteiger partial charge on any atom is 0.397 e. The third-order valence-electron chi connectivity index (χ3n) is 14.7. The summed E-state index contributed by atoms with van der Waals surface area (Å²) in [7, 11) is -5.07. The average molecular weight is 1100 g/mol. The summed E-state index contributed by atoms with van der Waals surface area (Å²) in [4.78, 5) is 13.0. The van der Waals surface area contributed by atoms with E-state index in [9.17, 15) is 33.1 Å². The monoisotopic (exact) mass is 1100 g/mol. The first-order valence-corrected chi connectivity index (χ1v) is 33.1. The molecular formula is C63H118O12S. The summed E-state index contributed by atoms with van der Waals surface area (Å²) in [5, 5.41) is 30.9. The van der Waals surface area contributed by atoms with E-state index in [1.807, 2.05) is 0 Å². The third kappa shape index (κ3) is 46.1. The lowest BCUT2D eigenvalue weighted by Crippen LogP contribution is -2.60. The largest absolute Gasteiger partial charge is 0.457 e. The highest BCUT2D eigenvalue weighted by Crippen LogP contribution is 2.26. The molecular weight excluding hydrogens is 981 g/mol. The zero-order valence-electron chi connectivity index (χ0n) is 48.8. The highest BCUT2D eigenvalue weighted by Gasteiger charge is 2.48. The molecule has 1 saturated heterocycles. The molecule has 0 spiro atoms. The van der Waals surface area contributed by atoms with Crippen molar-refractivity contribution >= 4 is 16.4 Å². The Kier molecular flexibility index (Phi) is 51.3. The Hall–Kier alpha value is -1.68. The molecule has 4 N–H and O–H groups in total. The molecule has 12 nitrogen and oxygen atoms in total. The van der Waals surface area contributed by atoms with Gasteiger partial charge >= 0.3 is 16.4 Å². The number of ether oxygens (including phenoxy) is 4. The fraction of sp³-hybridized carbons (Fsp3) is 0.889. The van der Waals surface area contributed by atoms with Crippen molar-refractivity contribution < 1.29 is 56.2 Å². The predicted molar refractivity (Wildman–Crippen MR) is 313 cm³/mol. The molecule has 0 aromatic rings. The highest BCUT2D eigenvalue weighted by molar-refractivity contribution is 7.80. The summed E-state index contributed by atoms with van der Waals surface area (Å²) in [6, 6.07) is 0. The van der Waals surface area contributed by atoms with Gasteiger partial charge in [0.25, 0.3) is 0 Å². The van der Waals surface area contributed by atoms with Gasteiger partial charge in [0.05, 0.1) is 19.8 Å². The fourth-order valence-electron chi connectivity index (χ4n) is 9.94. The topological polar surface area (TPSA) is 178 Å². The number of carbonyl (C=O) groups excluding carboxylic acids is 1. The zero-order chi connectivity index (χ0) is 55.3. The van der Waals surface area contributed by atoms with Crippen LogP contribution in [0.5, 0.6) is 0 Å². The number of aliphatic hydroxyl groups excluding tert-OH is 3. The quantitative estimate of drug-likeness (QED) is 0.0196. The maximum absolute atomic E-state index is 13.0. The molecule has 0 amide bonds. The molecule has 6 unspecified atom stereocenters. The van der Waals surface area contributed by atoms with E-state index in [0.29, 0.717) is 13.0 Å². The van der Waals surface area contributed by atoms with E-state index in [0.717, 1.165) is 44.9 Å². The van der Waals surface area contributed by atoms with Crippen molar-refractivity contribution in [2.45, 2.75) is 333 Å². The minimum atomic E-state index is -5.07. The van der Waals surface area contributed by atoms with Gasteiger partial charge in [-0.05, 0) is 70.6 Å². The van der Waals surface area contributed by atoms with Crippen LogP contribution in [-0.4, -0.2) is 97.5 Å². The van der Waals surface area contributed by atoms with Crippen LogP contribution in [0.25, 0.3) is 0 Å². The summed E-state index contributed by atoms with van der Waals surface area (Å²) in [5.41, 5.74) is 0. The number of hydrogen-bond acceptors (Lipinski definition) is 11. The van der Waals surface area contributed by atoms with Crippen LogP contribution in [-0.2, 0) is 38.3 Å². The molecule has 0 aromatic heterocycles. The zero-order valence-corrected chi connectivity index (χ0v) is 49.6. The average Bonchev–Trinajstić information content (AvgIpc) is 3.40. The lowest BCUT2D eigenvalue weighted by Gasteiger charge is -2.41. The molecule has 0 radical (unpaired) electrons. The lowest BCUT2D eigenvalue weighted by molar-refractivity contribution is -0.301. The van der Waals surface area contributed by atoms with Crippen LogP contribution in [0.1, 0.15) is 296 Å². The van der Waals surface area contributed by atoms with Crippen LogP contribution in [0.4, 0.5) is 0 Å². The van der Waals surface area contributed by atoms with Gasteiger partial charge in [0.15, 0.2) is 6.29 Å². The van der Waals surface area contributed by atoms with Gasteiger partial charge in [-0.3, -0.25) is 9.35 Å². The van der Waals surface area contributed by atoms with E-state index < -0.39 is 59.8 Å². The van der Waals surface area contributed by atoms with E-state index >= 15 is 0 Å². The summed E-state index contributed by atoms with van der Waals surface area (Å²) in [5.74, 6) is -0.394.